The van der Waals surface area contributed by atoms with Gasteiger partial charge in [-0.2, -0.15) is 0 Å². The molecule has 0 spiro atoms. The zero-order chi connectivity index (χ0) is 14.0. The summed E-state index contributed by atoms with van der Waals surface area (Å²) < 4.78 is 40.4. The number of hydrogen-bond donors (Lipinski definition) is 1. The van der Waals surface area contributed by atoms with Crippen LogP contribution in [0.3, 0.4) is 0 Å². The normalized spacial score (nSPS) is 12.5. The fourth-order valence-electron chi connectivity index (χ4n) is 1.80. The number of halogens is 4. The van der Waals surface area contributed by atoms with Crippen LogP contribution in [0.2, 0.25) is 0 Å². The van der Waals surface area contributed by atoms with Gasteiger partial charge in [0, 0.05) is 11.6 Å². The molecule has 2 rings (SSSR count). The Morgan fingerprint density at radius 3 is 2.26 bits per heavy atom. The lowest BCUT2D eigenvalue weighted by atomic mass is 9.99. The van der Waals surface area contributed by atoms with Crippen LogP contribution < -0.4 is 5.73 Å². The number of rotatable bonds is 3. The fraction of sp³-hybridized carbons (Fsp3) is 0.143. The monoisotopic (exact) mass is 329 g/mol. The molecule has 0 heterocycles. The summed E-state index contributed by atoms with van der Waals surface area (Å²) >= 11 is 3.00. The number of hydrogen-bond acceptors (Lipinski definition) is 1. The first-order valence-electron chi connectivity index (χ1n) is 5.62. The molecule has 0 radical (unpaired) electrons. The Kier molecular flexibility index (Phi) is 4.27. The van der Waals surface area contributed by atoms with Crippen LogP contribution in [-0.4, -0.2) is 0 Å². The van der Waals surface area contributed by atoms with Crippen molar-refractivity contribution in [2.75, 3.05) is 0 Å². The van der Waals surface area contributed by atoms with Crippen molar-refractivity contribution in [1.29, 1.82) is 0 Å². The summed E-state index contributed by atoms with van der Waals surface area (Å²) in [4.78, 5) is 0. The van der Waals surface area contributed by atoms with Gasteiger partial charge in [0.25, 0.3) is 0 Å². The zero-order valence-corrected chi connectivity index (χ0v) is 11.4. The van der Waals surface area contributed by atoms with E-state index in [4.69, 9.17) is 5.73 Å². The number of benzene rings is 2. The molecular weight excluding hydrogens is 319 g/mol. The van der Waals surface area contributed by atoms with E-state index in [2.05, 4.69) is 15.9 Å². The lowest BCUT2D eigenvalue weighted by molar-refractivity contribution is 0.535. The van der Waals surface area contributed by atoms with E-state index in [0.29, 0.717) is 5.56 Å². The second-order valence-electron chi connectivity index (χ2n) is 4.18. The third kappa shape index (κ3) is 3.16. The molecule has 0 fully saturated rings. The van der Waals surface area contributed by atoms with E-state index in [0.717, 1.165) is 0 Å². The molecule has 0 aliphatic carbocycles. The van der Waals surface area contributed by atoms with Crippen molar-refractivity contribution in [3.8, 4) is 0 Å². The van der Waals surface area contributed by atoms with Crippen LogP contribution in [0, 0.1) is 17.5 Å². The second-order valence-corrected chi connectivity index (χ2v) is 5.04. The predicted octanol–water partition coefficient (Wildman–Crippen LogP) is 4.11. The summed E-state index contributed by atoms with van der Waals surface area (Å²) in [5, 5.41) is 0. The minimum atomic E-state index is -0.655. The Morgan fingerprint density at radius 2 is 1.63 bits per heavy atom. The molecule has 1 atom stereocenters. The molecule has 0 aromatic heterocycles. The van der Waals surface area contributed by atoms with Gasteiger partial charge in [-0.3, -0.25) is 0 Å². The summed E-state index contributed by atoms with van der Waals surface area (Å²) in [6.45, 7) is 0. The summed E-state index contributed by atoms with van der Waals surface area (Å²) in [6.07, 6.45) is 0.00272. The molecule has 0 aliphatic heterocycles. The smallest absolute Gasteiger partial charge is 0.143 e. The second kappa shape index (κ2) is 5.75. The molecule has 0 saturated carbocycles. The maximum atomic E-state index is 13.8. The van der Waals surface area contributed by atoms with Crippen molar-refractivity contribution in [3.63, 3.8) is 0 Å². The van der Waals surface area contributed by atoms with Crippen molar-refractivity contribution < 1.29 is 13.2 Å². The van der Waals surface area contributed by atoms with Gasteiger partial charge in [0.05, 0.1) is 4.47 Å². The molecule has 1 unspecified atom stereocenters. The minimum absolute atomic E-state index is 0.00272. The van der Waals surface area contributed by atoms with Crippen LogP contribution >= 0.6 is 15.9 Å². The van der Waals surface area contributed by atoms with Crippen LogP contribution in [0.1, 0.15) is 17.2 Å². The highest BCUT2D eigenvalue weighted by atomic mass is 79.9. The highest BCUT2D eigenvalue weighted by molar-refractivity contribution is 9.10. The molecule has 0 saturated heterocycles. The van der Waals surface area contributed by atoms with E-state index < -0.39 is 17.7 Å². The van der Waals surface area contributed by atoms with Crippen LogP contribution in [-0.2, 0) is 6.42 Å². The van der Waals surface area contributed by atoms with Crippen LogP contribution in [0.5, 0.6) is 0 Å². The molecule has 2 aromatic carbocycles. The first-order chi connectivity index (χ1) is 8.99. The van der Waals surface area contributed by atoms with Gasteiger partial charge in [0.1, 0.15) is 17.5 Å². The van der Waals surface area contributed by atoms with Crippen LogP contribution in [0.15, 0.2) is 40.9 Å². The molecule has 2 aromatic rings. The van der Waals surface area contributed by atoms with E-state index in [1.165, 1.54) is 36.4 Å². The molecule has 2 N–H and O–H groups in total. The highest BCUT2D eigenvalue weighted by Crippen LogP contribution is 2.25. The number of nitrogens with two attached hydrogens (primary N) is 1. The van der Waals surface area contributed by atoms with Gasteiger partial charge < -0.3 is 5.73 Å². The SMILES string of the molecule is NC(Cc1c(F)ccc(Br)c1F)c1ccc(F)cc1. The van der Waals surface area contributed by atoms with Crippen molar-refractivity contribution >= 4 is 15.9 Å². The summed E-state index contributed by atoms with van der Waals surface area (Å²) in [5.41, 5.74) is 6.44. The summed E-state index contributed by atoms with van der Waals surface area (Å²) in [7, 11) is 0. The standard InChI is InChI=1S/C14H11BrF3N/c15-11-5-6-12(17)10(14(11)18)7-13(19)8-1-3-9(16)4-2-8/h1-6,13H,7,19H2. The van der Waals surface area contributed by atoms with Crippen LogP contribution in [0.25, 0.3) is 0 Å². The van der Waals surface area contributed by atoms with Gasteiger partial charge in [-0.25, -0.2) is 13.2 Å². The first-order valence-corrected chi connectivity index (χ1v) is 6.41. The molecule has 5 heteroatoms. The van der Waals surface area contributed by atoms with Gasteiger partial charge >= 0.3 is 0 Å². The van der Waals surface area contributed by atoms with Gasteiger partial charge in [-0.1, -0.05) is 12.1 Å². The molecule has 19 heavy (non-hydrogen) atoms. The van der Waals surface area contributed by atoms with E-state index in [1.807, 2.05) is 0 Å². The maximum Gasteiger partial charge on any atom is 0.143 e. The maximum absolute atomic E-state index is 13.8. The predicted molar refractivity (Wildman–Crippen MR) is 71.1 cm³/mol. The lowest BCUT2D eigenvalue weighted by Crippen LogP contribution is -2.15. The topological polar surface area (TPSA) is 26.0 Å². The molecular formula is C14H11BrF3N. The largest absolute Gasteiger partial charge is 0.324 e. The van der Waals surface area contributed by atoms with Crippen molar-refractivity contribution in [3.05, 3.63) is 69.4 Å². The molecule has 1 nitrogen and oxygen atoms in total. The Hall–Kier alpha value is -1.33. The minimum Gasteiger partial charge on any atom is -0.324 e. The van der Waals surface area contributed by atoms with E-state index in [9.17, 15) is 13.2 Å². The average Bonchev–Trinajstić information content (AvgIpc) is 2.40. The van der Waals surface area contributed by atoms with Gasteiger partial charge in [0.15, 0.2) is 0 Å². The fourth-order valence-corrected chi connectivity index (χ4v) is 2.18. The third-order valence-corrected chi connectivity index (χ3v) is 3.47. The quantitative estimate of drug-likeness (QED) is 0.842. The van der Waals surface area contributed by atoms with Crippen molar-refractivity contribution in [2.24, 2.45) is 5.73 Å². The summed E-state index contributed by atoms with van der Waals surface area (Å²) in [6, 6.07) is 7.43. The first kappa shape index (κ1) is 14.1. The molecule has 0 amide bonds. The Bertz CT molecular complexity index is 584. The Labute approximate surface area is 117 Å². The van der Waals surface area contributed by atoms with Gasteiger partial charge in [-0.15, -0.1) is 0 Å². The van der Waals surface area contributed by atoms with Crippen LogP contribution in [0.4, 0.5) is 13.2 Å². The average molecular weight is 330 g/mol. The van der Waals surface area contributed by atoms with Crippen molar-refractivity contribution in [1.82, 2.24) is 0 Å². The van der Waals surface area contributed by atoms with E-state index in [1.54, 1.807) is 0 Å². The molecule has 100 valence electrons. The lowest BCUT2D eigenvalue weighted by Gasteiger charge is -2.14. The van der Waals surface area contributed by atoms with E-state index in [-0.39, 0.29) is 22.3 Å². The van der Waals surface area contributed by atoms with Crippen molar-refractivity contribution in [2.45, 2.75) is 12.5 Å². The zero-order valence-electron chi connectivity index (χ0n) is 9.84. The Balaban J connectivity index is 2.26. The van der Waals surface area contributed by atoms with E-state index >= 15 is 0 Å². The highest BCUT2D eigenvalue weighted by Gasteiger charge is 2.16. The Morgan fingerprint density at radius 1 is 1.00 bits per heavy atom. The van der Waals surface area contributed by atoms with Gasteiger partial charge in [-0.05, 0) is 52.2 Å². The third-order valence-electron chi connectivity index (χ3n) is 2.86. The molecule has 0 aliphatic rings. The molecule has 0 bridgehead atoms. The summed E-state index contributed by atoms with van der Waals surface area (Å²) in [5.74, 6) is -1.67. The van der Waals surface area contributed by atoms with Gasteiger partial charge in [0.2, 0.25) is 0 Å².